The highest BCUT2D eigenvalue weighted by atomic mass is 35.5. The standard InChI is InChI=1S/C22H23Cl2N3O4/c23-16-10-15(11-17(24)13-16)22(31)27-9-2-6-19(27)21(30)26-8-3-7-25-20(29)14-4-1-5-18(28)12-14/h1,4-5,10-13,19,28H,2-3,6-9H2,(H,25,29)(H,26,30). The second-order valence-electron chi connectivity index (χ2n) is 7.27. The van der Waals surface area contributed by atoms with Crippen LogP contribution >= 0.6 is 23.2 Å². The summed E-state index contributed by atoms with van der Waals surface area (Å²) in [7, 11) is 0. The Balaban J connectivity index is 1.46. The normalized spacial score (nSPS) is 15.5. The molecule has 7 nitrogen and oxygen atoms in total. The number of carbonyl (C=O) groups is 3. The van der Waals surface area contributed by atoms with E-state index in [0.29, 0.717) is 53.6 Å². The minimum absolute atomic E-state index is 0.0237. The molecule has 2 aromatic rings. The molecule has 1 fully saturated rings. The van der Waals surface area contributed by atoms with E-state index in [9.17, 15) is 19.5 Å². The fraction of sp³-hybridized carbons (Fsp3) is 0.318. The summed E-state index contributed by atoms with van der Waals surface area (Å²) in [5, 5.41) is 15.7. The first-order valence-corrected chi connectivity index (χ1v) is 10.7. The average Bonchev–Trinajstić information content (AvgIpc) is 3.22. The fourth-order valence-corrected chi connectivity index (χ4v) is 4.02. The molecule has 2 aromatic carbocycles. The zero-order chi connectivity index (χ0) is 22.4. The molecule has 0 radical (unpaired) electrons. The maximum absolute atomic E-state index is 12.8. The van der Waals surface area contributed by atoms with Crippen molar-refractivity contribution in [3.63, 3.8) is 0 Å². The number of phenolic OH excluding ortho intramolecular Hbond substituents is 1. The van der Waals surface area contributed by atoms with Crippen LogP contribution in [0, 0.1) is 0 Å². The molecule has 1 aliphatic rings. The van der Waals surface area contributed by atoms with Gasteiger partial charge in [0.05, 0.1) is 0 Å². The van der Waals surface area contributed by atoms with Crippen molar-refractivity contribution in [2.45, 2.75) is 25.3 Å². The van der Waals surface area contributed by atoms with Crippen molar-refractivity contribution in [1.29, 1.82) is 0 Å². The number of aromatic hydroxyl groups is 1. The Labute approximate surface area is 190 Å². The molecule has 0 spiro atoms. The Hall–Kier alpha value is -2.77. The van der Waals surface area contributed by atoms with E-state index < -0.39 is 6.04 Å². The molecule has 9 heteroatoms. The maximum Gasteiger partial charge on any atom is 0.254 e. The van der Waals surface area contributed by atoms with Gasteiger partial charge in [0.2, 0.25) is 5.91 Å². The third-order valence-corrected chi connectivity index (χ3v) is 5.41. The fourth-order valence-electron chi connectivity index (χ4n) is 3.49. The smallest absolute Gasteiger partial charge is 0.254 e. The number of phenols is 1. The SMILES string of the molecule is O=C(NCCCNC(=O)C1CCCN1C(=O)c1cc(Cl)cc(Cl)c1)c1cccc(O)c1. The van der Waals surface area contributed by atoms with E-state index in [0.717, 1.165) is 6.42 Å². The summed E-state index contributed by atoms with van der Waals surface area (Å²) in [6.45, 7) is 1.21. The summed E-state index contributed by atoms with van der Waals surface area (Å²) in [5.74, 6) is -0.774. The summed E-state index contributed by atoms with van der Waals surface area (Å²) >= 11 is 12.0. The summed E-state index contributed by atoms with van der Waals surface area (Å²) in [6.07, 6.45) is 1.85. The number of benzene rings is 2. The van der Waals surface area contributed by atoms with E-state index in [-0.39, 0.29) is 23.5 Å². The Morgan fingerprint density at radius 3 is 2.42 bits per heavy atom. The van der Waals surface area contributed by atoms with Crippen LogP contribution in [0.2, 0.25) is 10.0 Å². The largest absolute Gasteiger partial charge is 0.508 e. The van der Waals surface area contributed by atoms with Crippen LogP contribution in [0.1, 0.15) is 40.0 Å². The molecule has 0 bridgehead atoms. The number of nitrogens with one attached hydrogen (secondary N) is 2. The summed E-state index contributed by atoms with van der Waals surface area (Å²) in [5.41, 5.74) is 0.720. The number of likely N-dealkylation sites (tertiary alicyclic amines) is 1. The lowest BCUT2D eigenvalue weighted by Crippen LogP contribution is -2.46. The number of nitrogens with zero attached hydrogens (tertiary/aromatic N) is 1. The van der Waals surface area contributed by atoms with Crippen molar-refractivity contribution in [2.75, 3.05) is 19.6 Å². The Morgan fingerprint density at radius 1 is 1.00 bits per heavy atom. The molecule has 0 aromatic heterocycles. The summed E-state index contributed by atoms with van der Waals surface area (Å²) in [6, 6.07) is 10.2. The van der Waals surface area contributed by atoms with Crippen molar-refractivity contribution in [2.24, 2.45) is 0 Å². The first-order valence-electron chi connectivity index (χ1n) is 9.97. The number of rotatable bonds is 7. The monoisotopic (exact) mass is 463 g/mol. The van der Waals surface area contributed by atoms with Gasteiger partial charge in [-0.2, -0.15) is 0 Å². The Bertz CT molecular complexity index is 963. The van der Waals surface area contributed by atoms with Crippen molar-refractivity contribution < 1.29 is 19.5 Å². The van der Waals surface area contributed by atoms with Crippen LogP contribution in [0.4, 0.5) is 0 Å². The summed E-state index contributed by atoms with van der Waals surface area (Å²) < 4.78 is 0. The van der Waals surface area contributed by atoms with Crippen molar-refractivity contribution in [3.05, 3.63) is 63.6 Å². The van der Waals surface area contributed by atoms with Crippen LogP contribution in [0.25, 0.3) is 0 Å². The van der Waals surface area contributed by atoms with Gasteiger partial charge in [0.15, 0.2) is 0 Å². The Morgan fingerprint density at radius 2 is 1.71 bits per heavy atom. The summed E-state index contributed by atoms with van der Waals surface area (Å²) in [4.78, 5) is 39.0. The predicted octanol–water partition coefficient (Wildman–Crippen LogP) is 3.24. The van der Waals surface area contributed by atoms with E-state index in [4.69, 9.17) is 23.2 Å². The van der Waals surface area contributed by atoms with Crippen LogP contribution in [0.3, 0.4) is 0 Å². The maximum atomic E-state index is 12.8. The second-order valence-corrected chi connectivity index (χ2v) is 8.14. The predicted molar refractivity (Wildman–Crippen MR) is 119 cm³/mol. The molecule has 3 amide bonds. The van der Waals surface area contributed by atoms with Gasteiger partial charge in [0.25, 0.3) is 11.8 Å². The van der Waals surface area contributed by atoms with Gasteiger partial charge in [-0.05, 0) is 55.7 Å². The highest BCUT2D eigenvalue weighted by molar-refractivity contribution is 6.35. The number of hydrogen-bond acceptors (Lipinski definition) is 4. The van der Waals surface area contributed by atoms with Crippen molar-refractivity contribution in [3.8, 4) is 5.75 Å². The molecule has 164 valence electrons. The minimum Gasteiger partial charge on any atom is -0.508 e. The molecule has 1 saturated heterocycles. The minimum atomic E-state index is -0.549. The van der Waals surface area contributed by atoms with Crippen LogP contribution in [0.15, 0.2) is 42.5 Å². The first kappa shape index (κ1) is 22.9. The molecule has 0 saturated carbocycles. The molecule has 1 aliphatic heterocycles. The quantitative estimate of drug-likeness (QED) is 0.548. The van der Waals surface area contributed by atoms with E-state index in [2.05, 4.69) is 10.6 Å². The van der Waals surface area contributed by atoms with E-state index in [1.165, 1.54) is 24.3 Å². The number of hydrogen-bond donors (Lipinski definition) is 3. The molecular formula is C22H23Cl2N3O4. The molecule has 1 heterocycles. The molecule has 31 heavy (non-hydrogen) atoms. The van der Waals surface area contributed by atoms with E-state index in [1.54, 1.807) is 23.1 Å². The third-order valence-electron chi connectivity index (χ3n) is 4.97. The second kappa shape index (κ2) is 10.5. The van der Waals surface area contributed by atoms with E-state index >= 15 is 0 Å². The van der Waals surface area contributed by atoms with Crippen molar-refractivity contribution in [1.82, 2.24) is 15.5 Å². The van der Waals surface area contributed by atoms with Gasteiger partial charge in [-0.25, -0.2) is 0 Å². The lowest BCUT2D eigenvalue weighted by atomic mass is 10.1. The van der Waals surface area contributed by atoms with Crippen LogP contribution in [-0.2, 0) is 4.79 Å². The highest BCUT2D eigenvalue weighted by Crippen LogP contribution is 2.24. The highest BCUT2D eigenvalue weighted by Gasteiger charge is 2.34. The van der Waals surface area contributed by atoms with Gasteiger partial charge < -0.3 is 20.6 Å². The van der Waals surface area contributed by atoms with Gasteiger partial charge in [-0.3, -0.25) is 14.4 Å². The number of carbonyl (C=O) groups excluding carboxylic acids is 3. The number of amides is 3. The van der Waals surface area contributed by atoms with Crippen LogP contribution in [-0.4, -0.2) is 53.4 Å². The van der Waals surface area contributed by atoms with Gasteiger partial charge in [0, 0.05) is 40.8 Å². The third kappa shape index (κ3) is 6.12. The molecule has 3 N–H and O–H groups in total. The van der Waals surface area contributed by atoms with Gasteiger partial charge in [-0.1, -0.05) is 29.3 Å². The molecule has 1 atom stereocenters. The lowest BCUT2D eigenvalue weighted by Gasteiger charge is -2.24. The van der Waals surface area contributed by atoms with Gasteiger partial charge in [-0.15, -0.1) is 0 Å². The topological polar surface area (TPSA) is 98.7 Å². The number of halogens is 2. The molecule has 0 aliphatic carbocycles. The first-order chi connectivity index (χ1) is 14.8. The van der Waals surface area contributed by atoms with Crippen LogP contribution in [0.5, 0.6) is 5.75 Å². The molecular weight excluding hydrogens is 441 g/mol. The Kier molecular flexibility index (Phi) is 7.76. The van der Waals surface area contributed by atoms with E-state index in [1.807, 2.05) is 0 Å². The average molecular weight is 464 g/mol. The molecule has 3 rings (SSSR count). The zero-order valence-electron chi connectivity index (χ0n) is 16.7. The van der Waals surface area contributed by atoms with Crippen molar-refractivity contribution >= 4 is 40.9 Å². The molecule has 1 unspecified atom stereocenters. The van der Waals surface area contributed by atoms with Crippen LogP contribution < -0.4 is 10.6 Å². The lowest BCUT2D eigenvalue weighted by molar-refractivity contribution is -0.124. The van der Waals surface area contributed by atoms with Gasteiger partial charge >= 0.3 is 0 Å². The zero-order valence-corrected chi connectivity index (χ0v) is 18.2. The van der Waals surface area contributed by atoms with Gasteiger partial charge in [0.1, 0.15) is 11.8 Å².